The zero-order valence-corrected chi connectivity index (χ0v) is 24.3. The molecule has 0 aromatic carbocycles. The summed E-state index contributed by atoms with van der Waals surface area (Å²) < 4.78 is 1.43. The highest BCUT2D eigenvalue weighted by molar-refractivity contribution is 7.78. The first-order chi connectivity index (χ1) is 16.2. The van der Waals surface area contributed by atoms with Gasteiger partial charge in [-0.2, -0.15) is 5.16 Å². The molecular formula is C30H62N2S. The van der Waals surface area contributed by atoms with Gasteiger partial charge in [0.2, 0.25) is 0 Å². The van der Waals surface area contributed by atoms with Crippen LogP contribution in [0.25, 0.3) is 5.41 Å². The highest BCUT2D eigenvalue weighted by Crippen LogP contribution is 2.18. The number of rotatable bonds is 25. The van der Waals surface area contributed by atoms with Crippen molar-refractivity contribution in [3.63, 3.8) is 0 Å². The molecule has 0 saturated carbocycles. The van der Waals surface area contributed by atoms with Gasteiger partial charge in [0.15, 0.2) is 0 Å². The third-order valence-corrected chi connectivity index (χ3v) is 7.38. The second-order valence-corrected chi connectivity index (χ2v) is 10.5. The van der Waals surface area contributed by atoms with E-state index in [4.69, 9.17) is 5.41 Å². The van der Waals surface area contributed by atoms with Crippen LogP contribution in [-0.2, 0) is 0 Å². The van der Waals surface area contributed by atoms with Crippen molar-refractivity contribution in [3.05, 3.63) is 5.41 Å². The SMILES string of the molecule is CCCCCCCCC[N+](CC)(CCCCCCCCC)CCCCCCCCC.[N-]=C=S. The van der Waals surface area contributed by atoms with Gasteiger partial charge in [-0.15, -0.1) is 0 Å². The van der Waals surface area contributed by atoms with E-state index in [1.165, 1.54) is 171 Å². The molecular weight excluding hydrogens is 420 g/mol. The number of nitrogens with zero attached hydrogens (tertiary/aromatic N) is 2. The maximum Gasteiger partial charge on any atom is 0.0786 e. The second kappa shape index (κ2) is 29.8. The molecule has 0 rings (SSSR count). The Morgan fingerprint density at radius 3 is 0.879 bits per heavy atom. The summed E-state index contributed by atoms with van der Waals surface area (Å²) in [5, 5.41) is 8.47. The molecule has 0 amide bonds. The standard InChI is InChI=1S/C29H62N.CNS/c1-5-9-12-15-18-21-24-27-30(8-4,28-25-22-19-16-13-10-6-2)29-26-23-20-17-14-11-7-3;2-1-3/h5-29H2,1-4H3;/q+1;-1. The quantitative estimate of drug-likeness (QED) is 0.0548. The number of isothiocyanates is 1. The molecule has 0 aliphatic rings. The minimum Gasteiger partial charge on any atom is -0.753 e. The highest BCUT2D eigenvalue weighted by Gasteiger charge is 2.23. The fourth-order valence-electron chi connectivity index (χ4n) is 5.02. The van der Waals surface area contributed by atoms with E-state index in [-0.39, 0.29) is 0 Å². The molecule has 0 heterocycles. The molecule has 0 fully saturated rings. The van der Waals surface area contributed by atoms with Crippen LogP contribution >= 0.6 is 12.2 Å². The van der Waals surface area contributed by atoms with Crippen molar-refractivity contribution < 1.29 is 4.48 Å². The van der Waals surface area contributed by atoms with Gasteiger partial charge in [0.25, 0.3) is 0 Å². The van der Waals surface area contributed by atoms with Gasteiger partial charge in [-0.05, 0) is 45.4 Å². The minimum absolute atomic E-state index is 1.33. The average molecular weight is 483 g/mol. The lowest BCUT2D eigenvalue weighted by Crippen LogP contribution is -2.50. The molecule has 0 N–H and O–H groups in total. The van der Waals surface area contributed by atoms with Crippen LogP contribution in [0.2, 0.25) is 0 Å². The Balaban J connectivity index is 0. The van der Waals surface area contributed by atoms with Crippen molar-refractivity contribution in [1.82, 2.24) is 0 Å². The Hall–Kier alpha value is -0.240. The molecule has 2 nitrogen and oxygen atoms in total. The lowest BCUT2D eigenvalue weighted by atomic mass is 10.1. The van der Waals surface area contributed by atoms with E-state index in [2.05, 4.69) is 39.9 Å². The predicted octanol–water partition coefficient (Wildman–Crippen LogP) is 10.7. The number of hydrogen-bond donors (Lipinski definition) is 0. The van der Waals surface area contributed by atoms with Gasteiger partial charge in [-0.3, -0.25) is 0 Å². The van der Waals surface area contributed by atoms with E-state index in [9.17, 15) is 0 Å². The summed E-state index contributed by atoms with van der Waals surface area (Å²) in [5.74, 6) is 0. The van der Waals surface area contributed by atoms with E-state index in [1.54, 1.807) is 0 Å². The normalized spacial score (nSPS) is 11.2. The summed E-state index contributed by atoms with van der Waals surface area (Å²) in [5.41, 5.74) is 0. The Morgan fingerprint density at radius 2 is 0.667 bits per heavy atom. The van der Waals surface area contributed by atoms with Crippen molar-refractivity contribution in [3.8, 4) is 0 Å². The first-order valence-electron chi connectivity index (χ1n) is 15.0. The van der Waals surface area contributed by atoms with Crippen molar-refractivity contribution >= 4 is 17.4 Å². The van der Waals surface area contributed by atoms with E-state index >= 15 is 0 Å². The molecule has 0 bridgehead atoms. The summed E-state index contributed by atoms with van der Waals surface area (Å²) in [6.07, 6.45) is 30.4. The Morgan fingerprint density at radius 1 is 0.455 bits per heavy atom. The lowest BCUT2D eigenvalue weighted by molar-refractivity contribution is -0.927. The molecule has 0 saturated heterocycles. The average Bonchev–Trinajstić information content (AvgIpc) is 2.82. The van der Waals surface area contributed by atoms with Gasteiger partial charge in [-0.1, -0.05) is 129 Å². The summed E-state index contributed by atoms with van der Waals surface area (Å²) in [7, 11) is 0. The molecule has 0 atom stereocenters. The third kappa shape index (κ3) is 26.2. The van der Waals surface area contributed by atoms with E-state index in [0.29, 0.717) is 0 Å². The molecule has 0 spiro atoms. The first kappa shape index (κ1) is 34.9. The number of thiocarbonyl (C=S) groups is 1. The summed E-state index contributed by atoms with van der Waals surface area (Å²) in [4.78, 5) is 0. The molecule has 0 aromatic heterocycles. The molecule has 0 radical (unpaired) electrons. The largest absolute Gasteiger partial charge is 0.753 e. The molecule has 0 aromatic rings. The van der Waals surface area contributed by atoms with Crippen LogP contribution in [0.1, 0.15) is 163 Å². The van der Waals surface area contributed by atoms with Crippen LogP contribution < -0.4 is 0 Å². The van der Waals surface area contributed by atoms with Gasteiger partial charge in [0.1, 0.15) is 0 Å². The Labute approximate surface area is 215 Å². The summed E-state index contributed by atoms with van der Waals surface area (Å²) in [6, 6.07) is 0. The number of unbranched alkanes of at least 4 members (excludes halogenated alkanes) is 18. The maximum absolute atomic E-state index is 7.13. The minimum atomic E-state index is 1.33. The zero-order valence-electron chi connectivity index (χ0n) is 23.5. The summed E-state index contributed by atoms with van der Waals surface area (Å²) in [6.45, 7) is 15.2. The second-order valence-electron chi connectivity index (χ2n) is 10.3. The Bertz CT molecular complexity index is 345. The fraction of sp³-hybridized carbons (Fsp3) is 0.967. The monoisotopic (exact) mass is 482 g/mol. The Kier molecular flexibility index (Phi) is 31.5. The number of hydrogen-bond acceptors (Lipinski definition) is 1. The van der Waals surface area contributed by atoms with Crippen LogP contribution in [0.3, 0.4) is 0 Å². The van der Waals surface area contributed by atoms with Gasteiger partial charge in [0, 0.05) is 0 Å². The van der Waals surface area contributed by atoms with Crippen LogP contribution in [0.5, 0.6) is 0 Å². The summed E-state index contributed by atoms with van der Waals surface area (Å²) >= 11 is 3.70. The fourth-order valence-corrected chi connectivity index (χ4v) is 5.02. The van der Waals surface area contributed by atoms with Crippen LogP contribution in [0.15, 0.2) is 0 Å². The van der Waals surface area contributed by atoms with Crippen LogP contribution in [0.4, 0.5) is 0 Å². The zero-order chi connectivity index (χ0) is 24.9. The molecule has 0 unspecified atom stereocenters. The smallest absolute Gasteiger partial charge is 0.0786 e. The van der Waals surface area contributed by atoms with Crippen molar-refractivity contribution in [2.24, 2.45) is 0 Å². The molecule has 3 heteroatoms. The van der Waals surface area contributed by atoms with Gasteiger partial charge in [0.05, 0.1) is 26.2 Å². The van der Waals surface area contributed by atoms with Gasteiger partial charge >= 0.3 is 0 Å². The molecule has 0 aliphatic carbocycles. The van der Waals surface area contributed by atoms with E-state index < -0.39 is 0 Å². The molecule has 0 aliphatic heterocycles. The third-order valence-electron chi connectivity index (χ3n) is 7.38. The first-order valence-corrected chi connectivity index (χ1v) is 15.4. The highest BCUT2D eigenvalue weighted by atomic mass is 32.1. The van der Waals surface area contributed by atoms with Crippen LogP contribution in [0, 0.1) is 0 Å². The van der Waals surface area contributed by atoms with E-state index in [1.807, 2.05) is 0 Å². The number of quaternary nitrogens is 1. The lowest BCUT2D eigenvalue weighted by Gasteiger charge is -2.38. The van der Waals surface area contributed by atoms with Crippen LogP contribution in [-0.4, -0.2) is 35.8 Å². The molecule has 198 valence electrons. The van der Waals surface area contributed by atoms with Crippen molar-refractivity contribution in [2.75, 3.05) is 26.2 Å². The van der Waals surface area contributed by atoms with Crippen molar-refractivity contribution in [2.45, 2.75) is 163 Å². The molecule has 33 heavy (non-hydrogen) atoms. The maximum atomic E-state index is 7.13. The topological polar surface area (TPSA) is 22.3 Å². The van der Waals surface area contributed by atoms with Gasteiger partial charge < -0.3 is 9.89 Å². The van der Waals surface area contributed by atoms with E-state index in [0.717, 1.165) is 0 Å². The van der Waals surface area contributed by atoms with Gasteiger partial charge in [-0.25, -0.2) is 0 Å². The van der Waals surface area contributed by atoms with Crippen molar-refractivity contribution in [1.29, 1.82) is 0 Å². The predicted molar refractivity (Wildman–Crippen MR) is 155 cm³/mol.